The van der Waals surface area contributed by atoms with Crippen LogP contribution >= 0.6 is 12.4 Å². The monoisotopic (exact) mass is 380 g/mol. The van der Waals surface area contributed by atoms with Crippen LogP contribution in [0.4, 0.5) is 0 Å². The quantitative estimate of drug-likeness (QED) is 0.257. The molecule has 0 aromatic heterocycles. The summed E-state index contributed by atoms with van der Waals surface area (Å²) in [4.78, 5) is 3.52. The van der Waals surface area contributed by atoms with Crippen LogP contribution in [0.25, 0.3) is 0 Å². The second-order valence-corrected chi connectivity index (χ2v) is 5.56. The summed E-state index contributed by atoms with van der Waals surface area (Å²) in [7, 11) is 0. The van der Waals surface area contributed by atoms with E-state index in [1.807, 2.05) is 0 Å². The summed E-state index contributed by atoms with van der Waals surface area (Å²) in [5.74, 6) is 0.0215. The van der Waals surface area contributed by atoms with Crippen LogP contribution in [0.1, 0.15) is 11.1 Å². The van der Waals surface area contributed by atoms with Gasteiger partial charge >= 0.3 is 0 Å². The van der Waals surface area contributed by atoms with E-state index in [2.05, 4.69) is 0 Å². The normalized spacial score (nSPS) is 11.1. The minimum absolute atomic E-state index is 0. The fraction of sp³-hybridized carbons (Fsp3) is 0.625. The summed E-state index contributed by atoms with van der Waals surface area (Å²) < 4.78 is 0. The zero-order chi connectivity index (χ0) is 17.9. The van der Waals surface area contributed by atoms with Crippen molar-refractivity contribution in [2.45, 2.75) is 13.1 Å². The number of phenols is 2. The number of hydrogen-bond acceptors (Lipinski definition) is 8. The van der Waals surface area contributed by atoms with Crippen molar-refractivity contribution in [3.8, 4) is 11.5 Å². The Kier molecular flexibility index (Phi) is 12.5. The molecule has 0 bridgehead atoms. The van der Waals surface area contributed by atoms with Gasteiger partial charge in [-0.15, -0.1) is 12.4 Å². The van der Waals surface area contributed by atoms with Crippen molar-refractivity contribution in [2.75, 3.05) is 52.6 Å². The summed E-state index contributed by atoms with van der Waals surface area (Å²) in [5, 5.41) is 56.5. The molecular weight excluding hydrogens is 352 g/mol. The first-order valence-corrected chi connectivity index (χ1v) is 7.97. The SMILES string of the molecule is Cl.OCCN(CCO)Cc1cc(O)c(CN(CCO)CCO)cc1O. The molecule has 0 radical (unpaired) electrons. The molecule has 0 spiro atoms. The Hall–Kier alpha value is -1.13. The van der Waals surface area contributed by atoms with Crippen molar-refractivity contribution in [3.63, 3.8) is 0 Å². The lowest BCUT2D eigenvalue weighted by molar-refractivity contribution is 0.153. The molecule has 0 heterocycles. The molecule has 0 aliphatic rings. The van der Waals surface area contributed by atoms with Crippen LogP contribution in [0, 0.1) is 0 Å². The molecule has 1 aromatic carbocycles. The fourth-order valence-corrected chi connectivity index (χ4v) is 2.50. The van der Waals surface area contributed by atoms with E-state index < -0.39 is 0 Å². The van der Waals surface area contributed by atoms with Crippen LogP contribution in [0.3, 0.4) is 0 Å². The minimum Gasteiger partial charge on any atom is -0.508 e. The van der Waals surface area contributed by atoms with E-state index in [-0.39, 0.29) is 63.4 Å². The van der Waals surface area contributed by atoms with Gasteiger partial charge in [-0.25, -0.2) is 0 Å². The predicted octanol–water partition coefficient (Wildman–Crippen LogP) is -0.907. The van der Waals surface area contributed by atoms with Crippen LogP contribution in [-0.4, -0.2) is 93.0 Å². The molecule has 8 nitrogen and oxygen atoms in total. The fourth-order valence-electron chi connectivity index (χ4n) is 2.50. The summed E-state index contributed by atoms with van der Waals surface area (Å²) >= 11 is 0. The highest BCUT2D eigenvalue weighted by molar-refractivity contribution is 5.85. The molecule has 9 heteroatoms. The third-order valence-corrected chi connectivity index (χ3v) is 3.73. The predicted molar refractivity (Wildman–Crippen MR) is 95.9 cm³/mol. The molecule has 0 fully saturated rings. The smallest absolute Gasteiger partial charge is 0.120 e. The molecule has 0 unspecified atom stereocenters. The number of halogens is 1. The number of nitrogens with zero attached hydrogens (tertiary/aromatic N) is 2. The zero-order valence-corrected chi connectivity index (χ0v) is 15.0. The Morgan fingerprint density at radius 2 is 0.880 bits per heavy atom. The molecule has 0 saturated heterocycles. The van der Waals surface area contributed by atoms with Crippen molar-refractivity contribution in [3.05, 3.63) is 23.3 Å². The average molecular weight is 381 g/mol. The lowest BCUT2D eigenvalue weighted by Crippen LogP contribution is -2.30. The summed E-state index contributed by atoms with van der Waals surface area (Å²) in [6, 6.07) is 2.92. The van der Waals surface area contributed by atoms with E-state index in [0.717, 1.165) is 0 Å². The minimum atomic E-state index is -0.0674. The van der Waals surface area contributed by atoms with Gasteiger partial charge in [-0.2, -0.15) is 0 Å². The Morgan fingerprint density at radius 3 is 1.12 bits per heavy atom. The molecular formula is C16H29ClN2O6. The molecule has 1 rings (SSSR count). The van der Waals surface area contributed by atoms with Gasteiger partial charge in [0.05, 0.1) is 26.4 Å². The van der Waals surface area contributed by atoms with Crippen LogP contribution < -0.4 is 0 Å². The Balaban J connectivity index is 0.00000576. The maximum atomic E-state index is 10.2. The Bertz CT molecular complexity index is 436. The molecule has 0 aliphatic heterocycles. The number of hydrogen-bond donors (Lipinski definition) is 6. The van der Waals surface area contributed by atoms with E-state index in [1.54, 1.807) is 9.80 Å². The van der Waals surface area contributed by atoms with Crippen molar-refractivity contribution in [2.24, 2.45) is 0 Å². The third-order valence-electron chi connectivity index (χ3n) is 3.73. The van der Waals surface area contributed by atoms with Gasteiger partial charge < -0.3 is 30.6 Å². The van der Waals surface area contributed by atoms with Crippen LogP contribution in [-0.2, 0) is 13.1 Å². The van der Waals surface area contributed by atoms with Crippen molar-refractivity contribution >= 4 is 12.4 Å². The maximum absolute atomic E-state index is 10.2. The van der Waals surface area contributed by atoms with E-state index in [0.29, 0.717) is 37.3 Å². The van der Waals surface area contributed by atoms with Gasteiger partial charge in [0.2, 0.25) is 0 Å². The van der Waals surface area contributed by atoms with Crippen molar-refractivity contribution in [1.29, 1.82) is 0 Å². The zero-order valence-electron chi connectivity index (χ0n) is 14.2. The van der Waals surface area contributed by atoms with E-state index >= 15 is 0 Å². The van der Waals surface area contributed by atoms with E-state index in [1.165, 1.54) is 12.1 Å². The van der Waals surface area contributed by atoms with E-state index in [4.69, 9.17) is 20.4 Å². The molecule has 25 heavy (non-hydrogen) atoms. The lowest BCUT2D eigenvalue weighted by Gasteiger charge is -2.23. The molecule has 0 atom stereocenters. The first kappa shape index (κ1) is 23.9. The Morgan fingerprint density at radius 1 is 0.600 bits per heavy atom. The van der Waals surface area contributed by atoms with Crippen molar-refractivity contribution in [1.82, 2.24) is 9.80 Å². The van der Waals surface area contributed by atoms with Crippen LogP contribution in [0.15, 0.2) is 12.1 Å². The maximum Gasteiger partial charge on any atom is 0.120 e. The summed E-state index contributed by atoms with van der Waals surface area (Å²) in [6.07, 6.45) is 0. The van der Waals surface area contributed by atoms with Gasteiger partial charge in [0.15, 0.2) is 0 Å². The lowest BCUT2D eigenvalue weighted by atomic mass is 10.1. The van der Waals surface area contributed by atoms with Crippen LogP contribution in [0.2, 0.25) is 0 Å². The highest BCUT2D eigenvalue weighted by Crippen LogP contribution is 2.29. The Labute approximate surface area is 154 Å². The van der Waals surface area contributed by atoms with Gasteiger partial charge in [0.25, 0.3) is 0 Å². The number of phenolic OH excluding ortho intramolecular Hbond substituents is 2. The largest absolute Gasteiger partial charge is 0.508 e. The first-order chi connectivity index (χ1) is 11.5. The van der Waals surface area contributed by atoms with Gasteiger partial charge in [0.1, 0.15) is 11.5 Å². The molecule has 0 amide bonds. The molecule has 1 aromatic rings. The standard InChI is InChI=1S/C16H28N2O6.ClH/c19-5-1-17(2-6-20)11-13-9-16(24)14(10-15(13)23)12-18(3-7-21)4-8-22;/h9-10,19-24H,1-8,11-12H2;1H. The highest BCUT2D eigenvalue weighted by Gasteiger charge is 2.14. The second-order valence-electron chi connectivity index (χ2n) is 5.56. The number of aliphatic hydroxyl groups excluding tert-OH is 4. The number of rotatable bonds is 12. The molecule has 0 aliphatic carbocycles. The topological polar surface area (TPSA) is 128 Å². The van der Waals surface area contributed by atoms with Gasteiger partial charge in [-0.3, -0.25) is 9.80 Å². The summed E-state index contributed by atoms with van der Waals surface area (Å²) in [6.45, 7) is 1.71. The molecule has 6 N–H and O–H groups in total. The number of aromatic hydroxyl groups is 2. The van der Waals surface area contributed by atoms with Gasteiger partial charge in [-0.1, -0.05) is 0 Å². The third kappa shape index (κ3) is 8.19. The molecule has 0 saturated carbocycles. The average Bonchev–Trinajstić information content (AvgIpc) is 2.53. The number of aliphatic hydroxyl groups is 4. The first-order valence-electron chi connectivity index (χ1n) is 7.97. The highest BCUT2D eigenvalue weighted by atomic mass is 35.5. The van der Waals surface area contributed by atoms with Gasteiger partial charge in [-0.05, 0) is 12.1 Å². The summed E-state index contributed by atoms with van der Waals surface area (Å²) in [5.41, 5.74) is 0.989. The van der Waals surface area contributed by atoms with Gasteiger partial charge in [0, 0.05) is 50.4 Å². The second kappa shape index (κ2) is 13.1. The number of benzene rings is 1. The van der Waals surface area contributed by atoms with Crippen LogP contribution in [0.5, 0.6) is 11.5 Å². The van der Waals surface area contributed by atoms with E-state index in [9.17, 15) is 10.2 Å². The van der Waals surface area contributed by atoms with Crippen molar-refractivity contribution < 1.29 is 30.6 Å². The molecule has 146 valence electrons.